The van der Waals surface area contributed by atoms with E-state index in [0.717, 1.165) is 37.8 Å². The number of nitrogens with one attached hydrogen (secondary N) is 1. The lowest BCUT2D eigenvalue weighted by molar-refractivity contribution is -0.151. The van der Waals surface area contributed by atoms with Gasteiger partial charge in [0.25, 0.3) is 0 Å². The number of carbonyl (C=O) groups is 3. The second-order valence-electron chi connectivity index (χ2n) is 9.15. The van der Waals surface area contributed by atoms with E-state index in [9.17, 15) is 14.4 Å². The Kier molecular flexibility index (Phi) is 6.26. The van der Waals surface area contributed by atoms with Gasteiger partial charge in [0, 0.05) is 17.0 Å². The van der Waals surface area contributed by atoms with Gasteiger partial charge in [0.15, 0.2) is 5.78 Å². The van der Waals surface area contributed by atoms with Crippen LogP contribution in [0.25, 0.3) is 0 Å². The van der Waals surface area contributed by atoms with E-state index in [1.54, 1.807) is 6.07 Å². The molecule has 0 radical (unpaired) electrons. The number of esters is 2. The molecule has 2 heterocycles. The molecule has 0 spiro atoms. The fourth-order valence-corrected chi connectivity index (χ4v) is 5.24. The SMILES string of the molecule is COC(=O)[C@@H]1C(=O)C2=C(C[C@H]1C)NC(C)=C(C(=O)OC1CCCCC1)[C@@H]2c1ccc(C)o1. The van der Waals surface area contributed by atoms with Crippen molar-refractivity contribution in [2.24, 2.45) is 11.8 Å². The molecule has 0 saturated heterocycles. The number of rotatable bonds is 4. The molecule has 7 heteroatoms. The zero-order chi connectivity index (χ0) is 23.0. The second-order valence-corrected chi connectivity index (χ2v) is 9.15. The van der Waals surface area contributed by atoms with Crippen LogP contribution in [0.5, 0.6) is 0 Å². The van der Waals surface area contributed by atoms with Gasteiger partial charge in [0.05, 0.1) is 18.6 Å². The standard InChI is InChI=1S/C25H31NO6/c1-13-12-17-21(23(27)19(13)24(28)30-4)22(18-11-10-14(2)31-18)20(15(3)26-17)25(29)32-16-8-6-5-7-9-16/h10-11,13,16,19,22,26H,5-9,12H2,1-4H3/t13-,19+,22+/m1/s1. The van der Waals surface area contributed by atoms with Crippen LogP contribution >= 0.6 is 0 Å². The summed E-state index contributed by atoms with van der Waals surface area (Å²) in [6, 6.07) is 3.60. The van der Waals surface area contributed by atoms with Crippen molar-refractivity contribution in [3.63, 3.8) is 0 Å². The first-order valence-electron chi connectivity index (χ1n) is 11.4. The molecule has 4 rings (SSSR count). The van der Waals surface area contributed by atoms with Gasteiger partial charge in [0.1, 0.15) is 23.5 Å². The van der Waals surface area contributed by atoms with Crippen LogP contribution in [0.2, 0.25) is 0 Å². The van der Waals surface area contributed by atoms with Crippen LogP contribution in [-0.2, 0) is 23.9 Å². The van der Waals surface area contributed by atoms with Crippen LogP contribution in [0.3, 0.4) is 0 Å². The number of dihydropyridines is 1. The number of methoxy groups -OCH3 is 1. The van der Waals surface area contributed by atoms with Crippen molar-refractivity contribution in [3.8, 4) is 0 Å². The first-order valence-corrected chi connectivity index (χ1v) is 11.4. The smallest absolute Gasteiger partial charge is 0.337 e. The summed E-state index contributed by atoms with van der Waals surface area (Å²) in [6.45, 7) is 5.51. The maximum absolute atomic E-state index is 13.6. The van der Waals surface area contributed by atoms with Crippen LogP contribution in [-0.4, -0.2) is 30.9 Å². The Balaban J connectivity index is 1.75. The van der Waals surface area contributed by atoms with Crippen molar-refractivity contribution in [3.05, 3.63) is 46.2 Å². The molecule has 7 nitrogen and oxygen atoms in total. The van der Waals surface area contributed by atoms with E-state index in [0.29, 0.717) is 34.8 Å². The normalized spacial score (nSPS) is 26.5. The topological polar surface area (TPSA) is 94.8 Å². The lowest BCUT2D eigenvalue weighted by Gasteiger charge is -2.37. The van der Waals surface area contributed by atoms with Crippen molar-refractivity contribution >= 4 is 17.7 Å². The number of aryl methyl sites for hydroxylation is 1. The number of hydrogen-bond acceptors (Lipinski definition) is 7. The minimum Gasteiger partial charge on any atom is -0.468 e. The summed E-state index contributed by atoms with van der Waals surface area (Å²) < 4.78 is 16.7. The van der Waals surface area contributed by atoms with Gasteiger partial charge in [-0.15, -0.1) is 0 Å². The number of carbonyl (C=O) groups excluding carboxylic acids is 3. The van der Waals surface area contributed by atoms with Crippen LogP contribution in [0.15, 0.2) is 39.1 Å². The Labute approximate surface area is 188 Å². The van der Waals surface area contributed by atoms with Gasteiger partial charge in [-0.1, -0.05) is 13.3 Å². The zero-order valence-electron chi connectivity index (χ0n) is 19.2. The number of allylic oxidation sites excluding steroid dienone is 3. The summed E-state index contributed by atoms with van der Waals surface area (Å²) in [5.74, 6) is -1.99. The largest absolute Gasteiger partial charge is 0.468 e. The van der Waals surface area contributed by atoms with Crippen LogP contribution in [0, 0.1) is 18.8 Å². The van der Waals surface area contributed by atoms with E-state index >= 15 is 0 Å². The summed E-state index contributed by atoms with van der Waals surface area (Å²) in [5.41, 5.74) is 2.15. The van der Waals surface area contributed by atoms with Crippen molar-refractivity contribution < 1.29 is 28.3 Å². The predicted octanol–water partition coefficient (Wildman–Crippen LogP) is 4.08. The maximum Gasteiger partial charge on any atom is 0.337 e. The van der Waals surface area contributed by atoms with Crippen LogP contribution in [0.1, 0.15) is 69.8 Å². The van der Waals surface area contributed by atoms with E-state index in [1.807, 2.05) is 26.8 Å². The number of Topliss-reactive ketones (excluding diaryl/α,β-unsaturated/α-hetero) is 1. The number of hydrogen-bond donors (Lipinski definition) is 1. The lowest BCUT2D eigenvalue weighted by atomic mass is 9.70. The molecule has 1 N–H and O–H groups in total. The highest BCUT2D eigenvalue weighted by atomic mass is 16.5. The highest BCUT2D eigenvalue weighted by molar-refractivity contribution is 6.12. The minimum absolute atomic E-state index is 0.115. The van der Waals surface area contributed by atoms with Gasteiger partial charge in [-0.05, 0) is 64.0 Å². The number of ether oxygens (including phenoxy) is 2. The average molecular weight is 442 g/mol. The molecule has 3 atom stereocenters. The summed E-state index contributed by atoms with van der Waals surface area (Å²) in [4.78, 5) is 39.4. The molecule has 172 valence electrons. The Morgan fingerprint density at radius 1 is 1.12 bits per heavy atom. The molecule has 3 aliphatic rings. The Morgan fingerprint density at radius 2 is 1.84 bits per heavy atom. The van der Waals surface area contributed by atoms with E-state index in [4.69, 9.17) is 13.9 Å². The number of furan rings is 1. The molecular weight excluding hydrogens is 410 g/mol. The highest BCUT2D eigenvalue weighted by Gasteiger charge is 2.48. The van der Waals surface area contributed by atoms with Crippen molar-refractivity contribution in [1.29, 1.82) is 0 Å². The van der Waals surface area contributed by atoms with Gasteiger partial charge in [0.2, 0.25) is 0 Å². The van der Waals surface area contributed by atoms with Gasteiger partial charge in [-0.25, -0.2) is 4.79 Å². The maximum atomic E-state index is 13.6. The van der Waals surface area contributed by atoms with E-state index in [2.05, 4.69) is 5.32 Å². The Hall–Kier alpha value is -2.83. The van der Waals surface area contributed by atoms with Gasteiger partial charge in [-0.2, -0.15) is 0 Å². The van der Waals surface area contributed by atoms with Crippen molar-refractivity contribution in [2.45, 2.75) is 71.3 Å². The predicted molar refractivity (Wildman–Crippen MR) is 116 cm³/mol. The van der Waals surface area contributed by atoms with E-state index < -0.39 is 23.8 Å². The molecule has 1 aromatic heterocycles. The van der Waals surface area contributed by atoms with Gasteiger partial charge in [-0.3, -0.25) is 9.59 Å². The third kappa shape index (κ3) is 4.00. The zero-order valence-corrected chi connectivity index (χ0v) is 19.2. The molecule has 32 heavy (non-hydrogen) atoms. The molecule has 0 unspecified atom stereocenters. The first-order chi connectivity index (χ1) is 15.3. The van der Waals surface area contributed by atoms with Crippen molar-refractivity contribution in [1.82, 2.24) is 5.32 Å². The molecule has 2 aliphatic carbocycles. The molecule has 0 amide bonds. The summed E-state index contributed by atoms with van der Waals surface area (Å²) in [6.07, 6.45) is 5.33. The van der Waals surface area contributed by atoms with Gasteiger partial charge >= 0.3 is 11.9 Å². The second kappa shape index (κ2) is 8.96. The molecule has 0 bridgehead atoms. The Bertz CT molecular complexity index is 994. The third-order valence-corrected chi connectivity index (χ3v) is 6.83. The fraction of sp³-hybridized carbons (Fsp3) is 0.560. The molecule has 0 aromatic carbocycles. The average Bonchev–Trinajstić information content (AvgIpc) is 3.19. The molecular formula is C25H31NO6. The Morgan fingerprint density at radius 3 is 2.47 bits per heavy atom. The quantitative estimate of drug-likeness (QED) is 0.556. The van der Waals surface area contributed by atoms with Gasteiger partial charge < -0.3 is 19.2 Å². The summed E-state index contributed by atoms with van der Waals surface area (Å²) in [5, 5.41) is 3.28. The molecule has 1 saturated carbocycles. The molecule has 1 aliphatic heterocycles. The monoisotopic (exact) mass is 441 g/mol. The van der Waals surface area contributed by atoms with E-state index in [1.165, 1.54) is 7.11 Å². The van der Waals surface area contributed by atoms with Crippen LogP contribution in [0.4, 0.5) is 0 Å². The van der Waals surface area contributed by atoms with E-state index in [-0.39, 0.29) is 17.8 Å². The van der Waals surface area contributed by atoms with Crippen molar-refractivity contribution in [2.75, 3.05) is 7.11 Å². The summed E-state index contributed by atoms with van der Waals surface area (Å²) in [7, 11) is 1.29. The highest BCUT2D eigenvalue weighted by Crippen LogP contribution is 2.46. The molecule has 1 fully saturated rings. The minimum atomic E-state index is -0.909. The summed E-state index contributed by atoms with van der Waals surface area (Å²) >= 11 is 0. The first kappa shape index (κ1) is 22.4. The van der Waals surface area contributed by atoms with Crippen LogP contribution < -0.4 is 5.32 Å². The lowest BCUT2D eigenvalue weighted by Crippen LogP contribution is -2.43. The number of ketones is 1. The third-order valence-electron chi connectivity index (χ3n) is 6.83. The molecule has 1 aromatic rings. The fourth-order valence-electron chi connectivity index (χ4n) is 5.24.